The molecule has 0 spiro atoms. The molecule has 4 heteroatoms. The molecule has 0 unspecified atom stereocenters. The summed E-state index contributed by atoms with van der Waals surface area (Å²) in [5.41, 5.74) is 3.12. The van der Waals surface area contributed by atoms with Crippen LogP contribution in [0, 0.1) is 13.8 Å². The molecule has 0 aliphatic rings. The molecule has 0 radical (unpaired) electrons. The van der Waals surface area contributed by atoms with Crippen LogP contribution in [0.25, 0.3) is 22.6 Å². The second-order valence-electron chi connectivity index (χ2n) is 6.13. The van der Waals surface area contributed by atoms with Crippen molar-refractivity contribution in [2.45, 2.75) is 20.8 Å². The SMILES string of the molecule is CCOC(=O)c1c(-c2ccc(C)cc2)oc(-c2ccc(C)cc2)cc1=O. The number of aryl methyl sites for hydroxylation is 2. The Balaban J connectivity index is 2.22. The van der Waals surface area contributed by atoms with E-state index in [1.807, 2.05) is 62.4 Å². The highest BCUT2D eigenvalue weighted by Gasteiger charge is 2.22. The van der Waals surface area contributed by atoms with Gasteiger partial charge in [-0.3, -0.25) is 4.79 Å². The minimum atomic E-state index is -0.674. The van der Waals surface area contributed by atoms with E-state index in [9.17, 15) is 9.59 Å². The summed E-state index contributed by atoms with van der Waals surface area (Å²) >= 11 is 0. The van der Waals surface area contributed by atoms with Gasteiger partial charge in [-0.1, -0.05) is 59.7 Å². The summed E-state index contributed by atoms with van der Waals surface area (Å²) in [4.78, 5) is 25.0. The number of hydrogen-bond acceptors (Lipinski definition) is 4. The highest BCUT2D eigenvalue weighted by molar-refractivity contribution is 5.95. The van der Waals surface area contributed by atoms with Gasteiger partial charge in [-0.25, -0.2) is 4.79 Å². The lowest BCUT2D eigenvalue weighted by Gasteiger charge is -2.10. The van der Waals surface area contributed by atoms with Crippen LogP contribution in [0.15, 0.2) is 63.8 Å². The van der Waals surface area contributed by atoms with Gasteiger partial charge in [-0.15, -0.1) is 0 Å². The van der Waals surface area contributed by atoms with Crippen molar-refractivity contribution in [3.8, 4) is 22.6 Å². The molecule has 1 heterocycles. The third-order valence-corrected chi connectivity index (χ3v) is 4.08. The Hall–Kier alpha value is -3.14. The summed E-state index contributed by atoms with van der Waals surface area (Å²) < 4.78 is 11.1. The van der Waals surface area contributed by atoms with Crippen molar-refractivity contribution in [3.63, 3.8) is 0 Å². The van der Waals surface area contributed by atoms with Crippen molar-refractivity contribution in [2.75, 3.05) is 6.61 Å². The van der Waals surface area contributed by atoms with Gasteiger partial charge in [0.1, 0.15) is 5.76 Å². The van der Waals surface area contributed by atoms with Crippen LogP contribution in [0.2, 0.25) is 0 Å². The lowest BCUT2D eigenvalue weighted by Crippen LogP contribution is -2.18. The Morgan fingerprint density at radius 3 is 2.00 bits per heavy atom. The van der Waals surface area contributed by atoms with Gasteiger partial charge in [-0.2, -0.15) is 0 Å². The smallest absolute Gasteiger partial charge is 0.346 e. The first-order valence-electron chi connectivity index (χ1n) is 8.49. The molecular formula is C22H20O4. The molecule has 0 bridgehead atoms. The number of benzene rings is 2. The van der Waals surface area contributed by atoms with Gasteiger partial charge in [0.05, 0.1) is 6.61 Å². The van der Waals surface area contributed by atoms with E-state index in [1.54, 1.807) is 6.92 Å². The third-order valence-electron chi connectivity index (χ3n) is 4.08. The lowest BCUT2D eigenvalue weighted by molar-refractivity contribution is 0.0523. The molecule has 26 heavy (non-hydrogen) atoms. The monoisotopic (exact) mass is 348 g/mol. The van der Waals surface area contributed by atoms with Crippen LogP contribution in [0.5, 0.6) is 0 Å². The normalized spacial score (nSPS) is 10.6. The number of esters is 1. The van der Waals surface area contributed by atoms with Crippen LogP contribution in [-0.2, 0) is 4.74 Å². The van der Waals surface area contributed by atoms with Gasteiger partial charge in [0.15, 0.2) is 11.3 Å². The number of hydrogen-bond donors (Lipinski definition) is 0. The van der Waals surface area contributed by atoms with E-state index in [-0.39, 0.29) is 17.9 Å². The van der Waals surface area contributed by atoms with E-state index in [2.05, 4.69) is 0 Å². The number of carbonyl (C=O) groups excluding carboxylic acids is 1. The fourth-order valence-corrected chi connectivity index (χ4v) is 2.66. The molecule has 0 N–H and O–H groups in total. The summed E-state index contributed by atoms with van der Waals surface area (Å²) in [6, 6.07) is 16.5. The Morgan fingerprint density at radius 1 is 0.923 bits per heavy atom. The maximum absolute atomic E-state index is 12.7. The maximum Gasteiger partial charge on any atom is 0.346 e. The molecule has 0 atom stereocenters. The van der Waals surface area contributed by atoms with E-state index < -0.39 is 11.4 Å². The van der Waals surface area contributed by atoms with Crippen molar-refractivity contribution in [3.05, 3.63) is 81.5 Å². The second-order valence-corrected chi connectivity index (χ2v) is 6.13. The van der Waals surface area contributed by atoms with E-state index in [1.165, 1.54) is 6.07 Å². The quantitative estimate of drug-likeness (QED) is 0.638. The van der Waals surface area contributed by atoms with Crippen LogP contribution in [0.1, 0.15) is 28.4 Å². The average Bonchev–Trinajstić information content (AvgIpc) is 2.62. The highest BCUT2D eigenvalue weighted by atomic mass is 16.5. The molecule has 2 aromatic carbocycles. The van der Waals surface area contributed by atoms with Crippen LogP contribution in [-0.4, -0.2) is 12.6 Å². The van der Waals surface area contributed by atoms with Gasteiger partial charge in [0.25, 0.3) is 0 Å². The number of carbonyl (C=O) groups is 1. The third kappa shape index (κ3) is 3.59. The van der Waals surface area contributed by atoms with Crippen LogP contribution in [0.4, 0.5) is 0 Å². The van der Waals surface area contributed by atoms with Crippen LogP contribution in [0.3, 0.4) is 0 Å². The zero-order valence-electron chi connectivity index (χ0n) is 15.0. The summed E-state index contributed by atoms with van der Waals surface area (Å²) in [6.45, 7) is 5.84. The second kappa shape index (κ2) is 7.40. The molecule has 0 amide bonds. The lowest BCUT2D eigenvalue weighted by atomic mass is 10.0. The standard InChI is InChI=1S/C22H20O4/c1-4-25-22(24)20-18(23)13-19(16-9-5-14(2)6-10-16)26-21(20)17-11-7-15(3)8-12-17/h5-13H,4H2,1-3H3. The van der Waals surface area contributed by atoms with Gasteiger partial charge >= 0.3 is 5.97 Å². The molecule has 0 saturated heterocycles. The minimum absolute atomic E-state index is 0.0773. The van der Waals surface area contributed by atoms with E-state index in [0.717, 1.165) is 16.7 Å². The van der Waals surface area contributed by atoms with E-state index in [0.29, 0.717) is 11.3 Å². The molecule has 0 fully saturated rings. The zero-order valence-corrected chi connectivity index (χ0v) is 15.0. The first-order chi connectivity index (χ1) is 12.5. The number of ether oxygens (including phenoxy) is 1. The molecule has 0 aliphatic carbocycles. The topological polar surface area (TPSA) is 56.5 Å². The molecular weight excluding hydrogens is 328 g/mol. The molecule has 3 aromatic rings. The fraction of sp³-hybridized carbons (Fsp3) is 0.182. The number of rotatable bonds is 4. The Bertz CT molecular complexity index is 980. The maximum atomic E-state index is 12.7. The molecule has 0 aliphatic heterocycles. The van der Waals surface area contributed by atoms with Gasteiger partial charge in [0, 0.05) is 17.2 Å². The molecule has 3 rings (SSSR count). The Kier molecular flexibility index (Phi) is 5.03. The van der Waals surface area contributed by atoms with Crippen molar-refractivity contribution < 1.29 is 13.9 Å². The average molecular weight is 348 g/mol. The first kappa shape index (κ1) is 17.7. The molecule has 1 aromatic heterocycles. The predicted octanol–water partition coefficient (Wildman–Crippen LogP) is 4.77. The van der Waals surface area contributed by atoms with Crippen LogP contribution >= 0.6 is 0 Å². The molecule has 132 valence electrons. The van der Waals surface area contributed by atoms with Crippen molar-refractivity contribution in [2.24, 2.45) is 0 Å². The van der Waals surface area contributed by atoms with E-state index in [4.69, 9.17) is 9.15 Å². The van der Waals surface area contributed by atoms with Crippen LogP contribution < -0.4 is 5.43 Å². The molecule has 4 nitrogen and oxygen atoms in total. The summed E-state index contributed by atoms with van der Waals surface area (Å²) in [7, 11) is 0. The minimum Gasteiger partial charge on any atom is -0.462 e. The summed E-state index contributed by atoms with van der Waals surface area (Å²) in [5.74, 6) is -0.0302. The van der Waals surface area contributed by atoms with Crippen molar-refractivity contribution in [1.29, 1.82) is 0 Å². The van der Waals surface area contributed by atoms with E-state index >= 15 is 0 Å². The fourth-order valence-electron chi connectivity index (χ4n) is 2.66. The zero-order chi connectivity index (χ0) is 18.7. The Morgan fingerprint density at radius 2 is 1.46 bits per heavy atom. The highest BCUT2D eigenvalue weighted by Crippen LogP contribution is 2.28. The largest absolute Gasteiger partial charge is 0.462 e. The Labute approximate surface area is 152 Å². The summed E-state index contributed by atoms with van der Waals surface area (Å²) in [6.07, 6.45) is 0. The summed E-state index contributed by atoms with van der Waals surface area (Å²) in [5, 5.41) is 0. The van der Waals surface area contributed by atoms with Crippen molar-refractivity contribution >= 4 is 5.97 Å². The predicted molar refractivity (Wildman–Crippen MR) is 101 cm³/mol. The molecule has 0 saturated carbocycles. The van der Waals surface area contributed by atoms with Gasteiger partial charge in [-0.05, 0) is 20.8 Å². The first-order valence-corrected chi connectivity index (χ1v) is 8.49. The van der Waals surface area contributed by atoms with Gasteiger partial charge in [0.2, 0.25) is 5.43 Å². The van der Waals surface area contributed by atoms with Gasteiger partial charge < -0.3 is 9.15 Å². The van der Waals surface area contributed by atoms with Crippen molar-refractivity contribution in [1.82, 2.24) is 0 Å².